The summed E-state index contributed by atoms with van der Waals surface area (Å²) in [5.74, 6) is 2.36. The van der Waals surface area contributed by atoms with Crippen LogP contribution in [0.15, 0.2) is 14.5 Å². The number of thiazole rings is 1. The monoisotopic (exact) mass is 423 g/mol. The highest BCUT2D eigenvalue weighted by Gasteiger charge is 2.22. The van der Waals surface area contributed by atoms with Crippen molar-refractivity contribution in [2.24, 2.45) is 5.92 Å². The van der Waals surface area contributed by atoms with E-state index in [0.29, 0.717) is 31.8 Å². The molecule has 1 aliphatic heterocycles. The number of amides is 1. The van der Waals surface area contributed by atoms with Gasteiger partial charge in [0.05, 0.1) is 12.1 Å². The maximum Gasteiger partial charge on any atom is 0.345 e. The van der Waals surface area contributed by atoms with Crippen molar-refractivity contribution in [2.45, 2.75) is 76.3 Å². The summed E-state index contributed by atoms with van der Waals surface area (Å²) in [4.78, 5) is 29.5. The van der Waals surface area contributed by atoms with Gasteiger partial charge in [0.15, 0.2) is 0 Å². The molecular formula is C19H29N5O2S2. The highest BCUT2D eigenvalue weighted by atomic mass is 32.2. The molecule has 0 bridgehead atoms. The number of fused-ring (bicyclic) bond motifs is 1. The minimum absolute atomic E-state index is 0.00256. The molecule has 1 amide bonds. The van der Waals surface area contributed by atoms with Gasteiger partial charge in [-0.2, -0.15) is 5.10 Å². The SMILES string of the molecule is CCSc1nc(CC(=O)NC2CCc3nn(CCC(C)C)c(=O)n3CC2)cs1. The van der Waals surface area contributed by atoms with E-state index in [2.05, 4.69) is 36.2 Å². The Morgan fingerprint density at radius 1 is 1.43 bits per heavy atom. The van der Waals surface area contributed by atoms with Crippen molar-refractivity contribution in [3.63, 3.8) is 0 Å². The van der Waals surface area contributed by atoms with Crippen LogP contribution in [0, 0.1) is 5.92 Å². The molecule has 28 heavy (non-hydrogen) atoms. The van der Waals surface area contributed by atoms with E-state index in [-0.39, 0.29) is 17.6 Å². The molecule has 3 heterocycles. The lowest BCUT2D eigenvalue weighted by Crippen LogP contribution is -2.36. The average molecular weight is 424 g/mol. The van der Waals surface area contributed by atoms with Crippen LogP contribution in [0.1, 0.15) is 51.6 Å². The molecule has 0 radical (unpaired) electrons. The number of carbonyl (C=O) groups is 1. The third kappa shape index (κ3) is 5.47. The zero-order chi connectivity index (χ0) is 20.1. The van der Waals surface area contributed by atoms with Crippen LogP contribution in [0.4, 0.5) is 0 Å². The van der Waals surface area contributed by atoms with E-state index in [1.54, 1.807) is 32.3 Å². The maximum absolute atomic E-state index is 12.6. The molecule has 0 aromatic carbocycles. The summed E-state index contributed by atoms with van der Waals surface area (Å²) in [6, 6.07) is 0.0702. The van der Waals surface area contributed by atoms with Crippen molar-refractivity contribution >= 4 is 29.0 Å². The highest BCUT2D eigenvalue weighted by molar-refractivity contribution is 8.00. The molecule has 0 saturated heterocycles. The second-order valence-corrected chi connectivity index (χ2v) is 9.93. The standard InChI is InChI=1S/C19H29N5O2S2/c1-4-27-18-21-15(12-28-18)11-17(25)20-14-5-6-16-22-24(10-7-13(2)3)19(26)23(16)9-8-14/h12-14H,4-11H2,1-3H3,(H,20,25). The first-order valence-electron chi connectivity index (χ1n) is 9.99. The molecule has 7 nitrogen and oxygen atoms in total. The number of nitrogens with one attached hydrogen (secondary N) is 1. The third-order valence-corrected chi connectivity index (χ3v) is 6.79. The summed E-state index contributed by atoms with van der Waals surface area (Å²) in [7, 11) is 0. The van der Waals surface area contributed by atoms with Crippen LogP contribution in [0.5, 0.6) is 0 Å². The van der Waals surface area contributed by atoms with Crippen LogP contribution in [0.3, 0.4) is 0 Å². The molecule has 1 aliphatic rings. The Morgan fingerprint density at radius 3 is 3.00 bits per heavy atom. The fourth-order valence-corrected chi connectivity index (χ4v) is 5.04. The van der Waals surface area contributed by atoms with E-state index in [1.807, 2.05) is 5.38 Å². The van der Waals surface area contributed by atoms with Gasteiger partial charge in [0.25, 0.3) is 0 Å². The number of carbonyl (C=O) groups excluding carboxylic acids is 1. The lowest BCUT2D eigenvalue weighted by atomic mass is 10.1. The van der Waals surface area contributed by atoms with Crippen molar-refractivity contribution in [1.82, 2.24) is 24.6 Å². The second kappa shape index (κ2) is 9.73. The summed E-state index contributed by atoms with van der Waals surface area (Å²) in [6.45, 7) is 7.66. The van der Waals surface area contributed by atoms with Gasteiger partial charge in [0.1, 0.15) is 10.2 Å². The van der Waals surface area contributed by atoms with Gasteiger partial charge in [-0.15, -0.1) is 11.3 Å². The summed E-state index contributed by atoms with van der Waals surface area (Å²) >= 11 is 3.29. The summed E-state index contributed by atoms with van der Waals surface area (Å²) in [6.07, 6.45) is 3.53. The lowest BCUT2D eigenvalue weighted by molar-refractivity contribution is -0.121. The van der Waals surface area contributed by atoms with Gasteiger partial charge in [0, 0.05) is 30.9 Å². The summed E-state index contributed by atoms with van der Waals surface area (Å²) < 4.78 is 4.39. The molecule has 2 aromatic rings. The molecule has 0 aliphatic carbocycles. The first-order valence-corrected chi connectivity index (χ1v) is 11.9. The van der Waals surface area contributed by atoms with E-state index in [9.17, 15) is 9.59 Å². The number of thioether (sulfide) groups is 1. The Balaban J connectivity index is 1.53. The molecule has 2 aromatic heterocycles. The zero-order valence-electron chi connectivity index (χ0n) is 16.8. The number of aryl methyl sites for hydroxylation is 2. The van der Waals surface area contributed by atoms with Crippen molar-refractivity contribution < 1.29 is 4.79 Å². The van der Waals surface area contributed by atoms with Gasteiger partial charge in [0.2, 0.25) is 5.91 Å². The van der Waals surface area contributed by atoms with Crippen molar-refractivity contribution in [2.75, 3.05) is 5.75 Å². The number of rotatable bonds is 8. The van der Waals surface area contributed by atoms with Crippen LogP contribution in [-0.2, 0) is 30.7 Å². The molecule has 1 atom stereocenters. The molecular weight excluding hydrogens is 394 g/mol. The van der Waals surface area contributed by atoms with Crippen LogP contribution < -0.4 is 11.0 Å². The Kier molecular flexibility index (Phi) is 7.34. The Labute approximate surface area is 173 Å². The minimum atomic E-state index is -0.0222. The lowest BCUT2D eigenvalue weighted by Gasteiger charge is -2.15. The number of aromatic nitrogens is 4. The topological polar surface area (TPSA) is 81.8 Å². The fourth-order valence-electron chi connectivity index (χ4n) is 3.30. The average Bonchev–Trinajstić information content (AvgIpc) is 3.13. The maximum atomic E-state index is 12.6. The van der Waals surface area contributed by atoms with Crippen LogP contribution in [-0.4, -0.2) is 37.0 Å². The van der Waals surface area contributed by atoms with Crippen molar-refractivity contribution in [1.29, 1.82) is 0 Å². The largest absolute Gasteiger partial charge is 0.353 e. The van der Waals surface area contributed by atoms with Crippen LogP contribution >= 0.6 is 23.1 Å². The minimum Gasteiger partial charge on any atom is -0.353 e. The smallest absolute Gasteiger partial charge is 0.345 e. The highest BCUT2D eigenvalue weighted by Crippen LogP contribution is 2.22. The molecule has 3 rings (SSSR count). The summed E-state index contributed by atoms with van der Waals surface area (Å²) in [5, 5.41) is 9.60. The number of hydrogen-bond acceptors (Lipinski definition) is 6. The molecule has 1 N–H and O–H groups in total. The predicted octanol–water partition coefficient (Wildman–Crippen LogP) is 2.72. The van der Waals surface area contributed by atoms with E-state index >= 15 is 0 Å². The Hall–Kier alpha value is -1.61. The first kappa shape index (κ1) is 21.1. The number of nitrogens with zero attached hydrogens (tertiary/aromatic N) is 4. The Bertz CT molecular complexity index is 855. The first-order chi connectivity index (χ1) is 13.5. The van der Waals surface area contributed by atoms with E-state index < -0.39 is 0 Å². The van der Waals surface area contributed by atoms with Crippen molar-refractivity contribution in [3.05, 3.63) is 27.4 Å². The quantitative estimate of drug-likeness (QED) is 0.660. The number of hydrogen-bond donors (Lipinski definition) is 1. The molecule has 1 unspecified atom stereocenters. The van der Waals surface area contributed by atoms with Gasteiger partial charge >= 0.3 is 5.69 Å². The van der Waals surface area contributed by atoms with Gasteiger partial charge < -0.3 is 5.32 Å². The van der Waals surface area contributed by atoms with E-state index in [0.717, 1.165) is 40.9 Å². The van der Waals surface area contributed by atoms with Crippen molar-refractivity contribution in [3.8, 4) is 0 Å². The molecule has 9 heteroatoms. The normalized spacial score (nSPS) is 16.8. The molecule has 0 spiro atoms. The van der Waals surface area contributed by atoms with Gasteiger partial charge in [-0.1, -0.05) is 32.5 Å². The summed E-state index contributed by atoms with van der Waals surface area (Å²) in [5.41, 5.74) is 0.805. The molecule has 0 saturated carbocycles. The fraction of sp³-hybridized carbons (Fsp3) is 0.684. The molecule has 0 fully saturated rings. The van der Waals surface area contributed by atoms with E-state index in [1.165, 1.54) is 0 Å². The van der Waals surface area contributed by atoms with Crippen LogP contribution in [0.2, 0.25) is 0 Å². The Morgan fingerprint density at radius 2 is 2.25 bits per heavy atom. The molecule has 154 valence electrons. The van der Waals surface area contributed by atoms with Gasteiger partial charge in [-0.05, 0) is 30.9 Å². The third-order valence-electron chi connectivity index (χ3n) is 4.84. The van der Waals surface area contributed by atoms with E-state index in [4.69, 9.17) is 0 Å². The van der Waals surface area contributed by atoms with Gasteiger partial charge in [-0.3, -0.25) is 9.36 Å². The van der Waals surface area contributed by atoms with Gasteiger partial charge in [-0.25, -0.2) is 14.5 Å². The predicted molar refractivity (Wildman–Crippen MR) is 113 cm³/mol. The van der Waals surface area contributed by atoms with Crippen LogP contribution in [0.25, 0.3) is 0 Å². The zero-order valence-corrected chi connectivity index (χ0v) is 18.4. The second-order valence-electron chi connectivity index (χ2n) is 7.56.